The van der Waals surface area contributed by atoms with E-state index in [2.05, 4.69) is 4.90 Å². The Morgan fingerprint density at radius 3 is 2.62 bits per heavy atom. The average Bonchev–Trinajstić information content (AvgIpc) is 2.56. The maximum Gasteiger partial charge on any atom is 0.330 e. The highest BCUT2D eigenvalue weighted by Gasteiger charge is 2.09. The molecule has 0 bridgehead atoms. The summed E-state index contributed by atoms with van der Waals surface area (Å²) in [6.07, 6.45) is 5.25. The minimum Gasteiger partial charge on any atom is -0.478 e. The van der Waals surface area contributed by atoms with Crippen molar-refractivity contribution in [3.05, 3.63) is 11.6 Å². The van der Waals surface area contributed by atoms with Gasteiger partial charge < -0.3 is 10.0 Å². The van der Waals surface area contributed by atoms with Gasteiger partial charge in [-0.2, -0.15) is 0 Å². The highest BCUT2D eigenvalue weighted by molar-refractivity contribution is 5.85. The van der Waals surface area contributed by atoms with Gasteiger partial charge in [-0.05, 0) is 39.3 Å². The zero-order valence-corrected chi connectivity index (χ0v) is 8.12. The van der Waals surface area contributed by atoms with Crippen LogP contribution in [0, 0.1) is 0 Å². The number of hydrogen-bond donors (Lipinski definition) is 1. The number of hydrogen-bond acceptors (Lipinski definition) is 2. The van der Waals surface area contributed by atoms with Gasteiger partial charge in [-0.25, -0.2) is 4.79 Å². The summed E-state index contributed by atoms with van der Waals surface area (Å²) >= 11 is 0. The van der Waals surface area contributed by atoms with E-state index in [-0.39, 0.29) is 0 Å². The summed E-state index contributed by atoms with van der Waals surface area (Å²) in [6.45, 7) is 5.01. The average molecular weight is 183 g/mol. The molecule has 3 nitrogen and oxygen atoms in total. The third-order valence-corrected chi connectivity index (χ3v) is 2.43. The van der Waals surface area contributed by atoms with E-state index in [0.29, 0.717) is 5.57 Å². The lowest BCUT2D eigenvalue weighted by atomic mass is 10.2. The fourth-order valence-corrected chi connectivity index (χ4v) is 1.56. The molecule has 0 spiro atoms. The molecule has 3 heteroatoms. The van der Waals surface area contributed by atoms with Crippen molar-refractivity contribution in [3.8, 4) is 0 Å². The van der Waals surface area contributed by atoms with Crippen molar-refractivity contribution < 1.29 is 9.90 Å². The van der Waals surface area contributed by atoms with Crippen LogP contribution in [-0.2, 0) is 4.79 Å². The first kappa shape index (κ1) is 10.3. The number of aliphatic carboxylic acids is 1. The molecule has 1 heterocycles. The molecular formula is C10H17NO2. The standard InChI is InChI=1S/C10H17NO2/c1-9(10(12)13)5-4-8-11-6-2-3-7-11/h5H,2-4,6-8H2,1H3,(H,12,13)/b9-5+. The highest BCUT2D eigenvalue weighted by atomic mass is 16.4. The number of rotatable bonds is 4. The molecule has 0 radical (unpaired) electrons. The summed E-state index contributed by atoms with van der Waals surface area (Å²) in [4.78, 5) is 12.8. The Morgan fingerprint density at radius 1 is 1.46 bits per heavy atom. The van der Waals surface area contributed by atoms with Crippen LogP contribution in [-0.4, -0.2) is 35.6 Å². The molecular weight excluding hydrogens is 166 g/mol. The number of nitrogens with zero attached hydrogens (tertiary/aromatic N) is 1. The van der Waals surface area contributed by atoms with E-state index in [4.69, 9.17) is 5.11 Å². The molecule has 13 heavy (non-hydrogen) atoms. The lowest BCUT2D eigenvalue weighted by Gasteiger charge is -2.12. The van der Waals surface area contributed by atoms with E-state index >= 15 is 0 Å². The lowest BCUT2D eigenvalue weighted by molar-refractivity contribution is -0.132. The number of carboxylic acid groups (broad SMARTS) is 1. The second-order valence-corrected chi connectivity index (χ2v) is 3.53. The molecule has 0 amide bonds. The van der Waals surface area contributed by atoms with Crippen LogP contribution in [0.3, 0.4) is 0 Å². The zero-order chi connectivity index (χ0) is 9.68. The van der Waals surface area contributed by atoms with Gasteiger partial charge in [-0.3, -0.25) is 0 Å². The van der Waals surface area contributed by atoms with Crippen LogP contribution < -0.4 is 0 Å². The molecule has 1 aliphatic rings. The monoisotopic (exact) mass is 183 g/mol. The normalized spacial score (nSPS) is 19.3. The van der Waals surface area contributed by atoms with Gasteiger partial charge in [0.25, 0.3) is 0 Å². The maximum absolute atomic E-state index is 10.4. The van der Waals surface area contributed by atoms with Crippen LogP contribution in [0.15, 0.2) is 11.6 Å². The van der Waals surface area contributed by atoms with E-state index in [1.807, 2.05) is 0 Å². The molecule has 1 N–H and O–H groups in total. The molecule has 1 aliphatic heterocycles. The van der Waals surface area contributed by atoms with Crippen molar-refractivity contribution in [2.45, 2.75) is 26.2 Å². The molecule has 1 fully saturated rings. The number of likely N-dealkylation sites (tertiary alicyclic amines) is 1. The predicted octanol–water partition coefficient (Wildman–Crippen LogP) is 1.50. The van der Waals surface area contributed by atoms with Gasteiger partial charge in [-0.15, -0.1) is 0 Å². The Labute approximate surface area is 79.0 Å². The van der Waals surface area contributed by atoms with Crippen molar-refractivity contribution in [1.82, 2.24) is 4.90 Å². The van der Waals surface area contributed by atoms with Gasteiger partial charge >= 0.3 is 5.97 Å². The highest BCUT2D eigenvalue weighted by Crippen LogP contribution is 2.08. The third-order valence-electron chi connectivity index (χ3n) is 2.43. The van der Waals surface area contributed by atoms with E-state index < -0.39 is 5.97 Å². The fourth-order valence-electron chi connectivity index (χ4n) is 1.56. The molecule has 0 saturated carbocycles. The third kappa shape index (κ3) is 3.59. The van der Waals surface area contributed by atoms with Gasteiger partial charge in [-0.1, -0.05) is 6.08 Å². The molecule has 0 unspecified atom stereocenters. The Bertz CT molecular complexity index is 205. The van der Waals surface area contributed by atoms with Crippen molar-refractivity contribution in [1.29, 1.82) is 0 Å². The van der Waals surface area contributed by atoms with Gasteiger partial charge in [0.05, 0.1) is 0 Å². The minimum atomic E-state index is -0.804. The summed E-state index contributed by atoms with van der Waals surface area (Å²) in [5.41, 5.74) is 0.458. The Balaban J connectivity index is 2.18. The second-order valence-electron chi connectivity index (χ2n) is 3.53. The van der Waals surface area contributed by atoms with Crippen molar-refractivity contribution in [2.24, 2.45) is 0 Å². The van der Waals surface area contributed by atoms with Crippen LogP contribution in [0.4, 0.5) is 0 Å². The van der Waals surface area contributed by atoms with Gasteiger partial charge in [0.15, 0.2) is 0 Å². The van der Waals surface area contributed by atoms with Crippen LogP contribution in [0.2, 0.25) is 0 Å². The SMILES string of the molecule is C/C(=C\CCN1CCCC1)C(=O)O. The first-order valence-corrected chi connectivity index (χ1v) is 4.82. The van der Waals surface area contributed by atoms with Crippen molar-refractivity contribution in [3.63, 3.8) is 0 Å². The Kier molecular flexibility index (Phi) is 3.96. The molecule has 1 saturated heterocycles. The smallest absolute Gasteiger partial charge is 0.330 e. The Morgan fingerprint density at radius 2 is 2.08 bits per heavy atom. The largest absolute Gasteiger partial charge is 0.478 e. The van der Waals surface area contributed by atoms with Gasteiger partial charge in [0, 0.05) is 12.1 Å². The van der Waals surface area contributed by atoms with Gasteiger partial charge in [0.2, 0.25) is 0 Å². The van der Waals surface area contributed by atoms with Crippen molar-refractivity contribution >= 4 is 5.97 Å². The van der Waals surface area contributed by atoms with Crippen LogP contribution in [0.5, 0.6) is 0 Å². The second kappa shape index (κ2) is 5.02. The summed E-state index contributed by atoms with van der Waals surface area (Å²) in [5.74, 6) is -0.804. The Hall–Kier alpha value is -0.830. The van der Waals surface area contributed by atoms with E-state index in [1.54, 1.807) is 13.0 Å². The summed E-state index contributed by atoms with van der Waals surface area (Å²) in [7, 11) is 0. The summed E-state index contributed by atoms with van der Waals surface area (Å²) in [5, 5.41) is 8.59. The molecule has 0 aliphatic carbocycles. The van der Waals surface area contributed by atoms with E-state index in [9.17, 15) is 4.79 Å². The van der Waals surface area contributed by atoms with Crippen LogP contribution in [0.25, 0.3) is 0 Å². The first-order chi connectivity index (χ1) is 6.20. The van der Waals surface area contributed by atoms with Crippen LogP contribution >= 0.6 is 0 Å². The molecule has 0 atom stereocenters. The molecule has 0 aromatic rings. The first-order valence-electron chi connectivity index (χ1n) is 4.82. The molecule has 0 aromatic heterocycles. The van der Waals surface area contributed by atoms with Gasteiger partial charge in [0.1, 0.15) is 0 Å². The number of carbonyl (C=O) groups is 1. The van der Waals surface area contributed by atoms with E-state index in [1.165, 1.54) is 25.9 Å². The lowest BCUT2D eigenvalue weighted by Crippen LogP contribution is -2.19. The molecule has 0 aromatic carbocycles. The van der Waals surface area contributed by atoms with E-state index in [0.717, 1.165) is 13.0 Å². The zero-order valence-electron chi connectivity index (χ0n) is 8.12. The topological polar surface area (TPSA) is 40.5 Å². The predicted molar refractivity (Wildman–Crippen MR) is 51.7 cm³/mol. The van der Waals surface area contributed by atoms with Crippen LogP contribution in [0.1, 0.15) is 26.2 Å². The molecule has 1 rings (SSSR count). The molecule has 74 valence electrons. The summed E-state index contributed by atoms with van der Waals surface area (Å²) in [6, 6.07) is 0. The quantitative estimate of drug-likeness (QED) is 0.671. The summed E-state index contributed by atoms with van der Waals surface area (Å²) < 4.78 is 0. The fraction of sp³-hybridized carbons (Fsp3) is 0.700. The number of carboxylic acids is 1. The minimum absolute atomic E-state index is 0.458. The van der Waals surface area contributed by atoms with Crippen molar-refractivity contribution in [2.75, 3.05) is 19.6 Å². The maximum atomic E-state index is 10.4.